The SMILES string of the molecule is O=Cc1ccc(C(CF)C2CCCCC2)cc1. The maximum Gasteiger partial charge on any atom is 0.150 e. The summed E-state index contributed by atoms with van der Waals surface area (Å²) in [6.45, 7) is -0.287. The first-order valence-corrected chi connectivity index (χ1v) is 6.46. The van der Waals surface area contributed by atoms with Crippen LogP contribution in [0.4, 0.5) is 4.39 Å². The summed E-state index contributed by atoms with van der Waals surface area (Å²) in [6, 6.07) is 7.38. The third kappa shape index (κ3) is 2.93. The summed E-state index contributed by atoms with van der Waals surface area (Å²) in [6.07, 6.45) is 6.86. The van der Waals surface area contributed by atoms with Gasteiger partial charge in [-0.05, 0) is 24.3 Å². The van der Waals surface area contributed by atoms with Gasteiger partial charge in [0.15, 0.2) is 0 Å². The van der Waals surface area contributed by atoms with E-state index in [9.17, 15) is 9.18 Å². The van der Waals surface area contributed by atoms with E-state index in [1.54, 1.807) is 12.1 Å². The lowest BCUT2D eigenvalue weighted by molar-refractivity contribution is 0.112. The average molecular weight is 234 g/mol. The van der Waals surface area contributed by atoms with E-state index < -0.39 is 0 Å². The molecule has 0 aromatic heterocycles. The van der Waals surface area contributed by atoms with Crippen LogP contribution in [0.5, 0.6) is 0 Å². The van der Waals surface area contributed by atoms with Gasteiger partial charge in [-0.2, -0.15) is 0 Å². The number of carbonyl (C=O) groups excluding carboxylic acids is 1. The molecular weight excluding hydrogens is 215 g/mol. The Kier molecular flexibility index (Phi) is 4.29. The van der Waals surface area contributed by atoms with Crippen LogP contribution in [-0.4, -0.2) is 13.0 Å². The molecule has 1 saturated carbocycles. The van der Waals surface area contributed by atoms with Crippen LogP contribution in [0.3, 0.4) is 0 Å². The van der Waals surface area contributed by atoms with Crippen LogP contribution < -0.4 is 0 Å². The molecule has 1 aliphatic rings. The molecule has 1 aliphatic carbocycles. The number of rotatable bonds is 4. The van der Waals surface area contributed by atoms with Crippen molar-refractivity contribution in [3.8, 4) is 0 Å². The van der Waals surface area contributed by atoms with Gasteiger partial charge in [-0.1, -0.05) is 43.5 Å². The Morgan fingerprint density at radius 2 is 1.82 bits per heavy atom. The van der Waals surface area contributed by atoms with Crippen molar-refractivity contribution < 1.29 is 9.18 Å². The van der Waals surface area contributed by atoms with Crippen LogP contribution in [0.1, 0.15) is 53.9 Å². The van der Waals surface area contributed by atoms with E-state index >= 15 is 0 Å². The molecule has 0 spiro atoms. The predicted molar refractivity (Wildman–Crippen MR) is 67.1 cm³/mol. The number of hydrogen-bond acceptors (Lipinski definition) is 1. The zero-order chi connectivity index (χ0) is 12.1. The molecule has 1 fully saturated rings. The van der Waals surface area contributed by atoms with Crippen LogP contribution >= 0.6 is 0 Å². The van der Waals surface area contributed by atoms with Gasteiger partial charge in [-0.15, -0.1) is 0 Å². The summed E-state index contributed by atoms with van der Waals surface area (Å²) in [5, 5.41) is 0. The first kappa shape index (κ1) is 12.3. The molecule has 92 valence electrons. The van der Waals surface area contributed by atoms with Crippen molar-refractivity contribution in [1.82, 2.24) is 0 Å². The number of carbonyl (C=O) groups is 1. The van der Waals surface area contributed by atoms with Crippen LogP contribution in [0.2, 0.25) is 0 Å². The van der Waals surface area contributed by atoms with Gasteiger partial charge in [0.2, 0.25) is 0 Å². The lowest BCUT2D eigenvalue weighted by Gasteiger charge is -2.28. The van der Waals surface area contributed by atoms with E-state index in [1.165, 1.54) is 19.3 Å². The monoisotopic (exact) mass is 234 g/mol. The van der Waals surface area contributed by atoms with Gasteiger partial charge in [-0.25, -0.2) is 0 Å². The van der Waals surface area contributed by atoms with Crippen LogP contribution in [0.25, 0.3) is 0 Å². The minimum absolute atomic E-state index is 0.0241. The molecule has 1 atom stereocenters. The maximum atomic E-state index is 13.2. The summed E-state index contributed by atoms with van der Waals surface area (Å²) >= 11 is 0. The Labute approximate surface area is 102 Å². The number of alkyl halides is 1. The highest BCUT2D eigenvalue weighted by atomic mass is 19.1. The molecule has 1 aromatic rings. The van der Waals surface area contributed by atoms with E-state index in [-0.39, 0.29) is 12.6 Å². The quantitative estimate of drug-likeness (QED) is 0.716. The molecule has 2 rings (SSSR count). The second-order valence-corrected chi connectivity index (χ2v) is 4.94. The topological polar surface area (TPSA) is 17.1 Å². The van der Waals surface area contributed by atoms with E-state index in [4.69, 9.17) is 0 Å². The Bertz CT molecular complexity index is 352. The molecule has 1 unspecified atom stereocenters. The second kappa shape index (κ2) is 5.95. The van der Waals surface area contributed by atoms with Crippen molar-refractivity contribution in [3.63, 3.8) is 0 Å². The zero-order valence-electron chi connectivity index (χ0n) is 10.1. The van der Waals surface area contributed by atoms with Crippen LogP contribution in [0, 0.1) is 5.92 Å². The molecule has 17 heavy (non-hydrogen) atoms. The predicted octanol–water partition coefficient (Wildman–Crippen LogP) is 4.13. The number of aldehydes is 1. The van der Waals surface area contributed by atoms with E-state index in [2.05, 4.69) is 0 Å². The molecule has 0 saturated heterocycles. The van der Waals surface area contributed by atoms with Gasteiger partial charge in [-0.3, -0.25) is 9.18 Å². The fraction of sp³-hybridized carbons (Fsp3) is 0.533. The van der Waals surface area contributed by atoms with Crippen molar-refractivity contribution >= 4 is 6.29 Å². The first-order valence-electron chi connectivity index (χ1n) is 6.46. The van der Waals surface area contributed by atoms with Crippen LogP contribution in [-0.2, 0) is 0 Å². The largest absolute Gasteiger partial charge is 0.298 e. The minimum Gasteiger partial charge on any atom is -0.298 e. The molecule has 1 aromatic carbocycles. The Morgan fingerprint density at radius 1 is 1.18 bits per heavy atom. The van der Waals surface area contributed by atoms with Crippen molar-refractivity contribution in [2.24, 2.45) is 5.92 Å². The molecule has 0 aliphatic heterocycles. The van der Waals surface area contributed by atoms with Gasteiger partial charge in [0.25, 0.3) is 0 Å². The lowest BCUT2D eigenvalue weighted by atomic mass is 9.77. The Hall–Kier alpha value is -1.18. The highest BCUT2D eigenvalue weighted by Gasteiger charge is 2.24. The molecule has 0 bridgehead atoms. The van der Waals surface area contributed by atoms with E-state index in [0.717, 1.165) is 24.7 Å². The highest BCUT2D eigenvalue weighted by molar-refractivity contribution is 5.74. The van der Waals surface area contributed by atoms with Gasteiger partial charge in [0.1, 0.15) is 6.29 Å². The first-order chi connectivity index (χ1) is 8.35. The fourth-order valence-electron chi connectivity index (χ4n) is 2.85. The summed E-state index contributed by atoms with van der Waals surface area (Å²) in [7, 11) is 0. The zero-order valence-corrected chi connectivity index (χ0v) is 10.1. The number of halogens is 1. The van der Waals surface area contributed by atoms with Gasteiger partial charge in [0.05, 0.1) is 6.67 Å². The van der Waals surface area contributed by atoms with Crippen molar-refractivity contribution in [3.05, 3.63) is 35.4 Å². The summed E-state index contributed by atoms with van der Waals surface area (Å²) in [4.78, 5) is 10.6. The van der Waals surface area contributed by atoms with E-state index in [1.807, 2.05) is 12.1 Å². The van der Waals surface area contributed by atoms with Gasteiger partial charge < -0.3 is 0 Å². The van der Waals surface area contributed by atoms with Crippen molar-refractivity contribution in [2.45, 2.75) is 38.0 Å². The van der Waals surface area contributed by atoms with Crippen molar-refractivity contribution in [2.75, 3.05) is 6.67 Å². The summed E-state index contributed by atoms with van der Waals surface area (Å²) < 4.78 is 13.2. The van der Waals surface area contributed by atoms with Crippen LogP contribution in [0.15, 0.2) is 24.3 Å². The Balaban J connectivity index is 2.12. The average Bonchev–Trinajstić information content (AvgIpc) is 2.42. The van der Waals surface area contributed by atoms with Gasteiger partial charge >= 0.3 is 0 Å². The fourth-order valence-corrected chi connectivity index (χ4v) is 2.85. The molecular formula is C15H19FO. The molecule has 0 radical (unpaired) electrons. The van der Waals surface area contributed by atoms with E-state index in [0.29, 0.717) is 11.5 Å². The number of benzene rings is 1. The molecule has 1 nitrogen and oxygen atoms in total. The minimum atomic E-state index is -0.287. The van der Waals surface area contributed by atoms with Crippen molar-refractivity contribution in [1.29, 1.82) is 0 Å². The molecule has 2 heteroatoms. The summed E-state index contributed by atoms with van der Waals surface area (Å²) in [5.74, 6) is 0.506. The third-order valence-corrected chi connectivity index (χ3v) is 3.89. The second-order valence-electron chi connectivity index (χ2n) is 4.94. The Morgan fingerprint density at radius 3 is 2.35 bits per heavy atom. The normalized spacial score (nSPS) is 18.9. The molecule has 0 N–H and O–H groups in total. The third-order valence-electron chi connectivity index (χ3n) is 3.89. The van der Waals surface area contributed by atoms with Gasteiger partial charge in [0, 0.05) is 11.5 Å². The maximum absolute atomic E-state index is 13.2. The molecule has 0 amide bonds. The standard InChI is InChI=1S/C15H19FO/c16-10-15(13-4-2-1-3-5-13)14-8-6-12(11-17)7-9-14/h6-9,11,13,15H,1-5,10H2. The number of hydrogen-bond donors (Lipinski definition) is 0. The lowest BCUT2D eigenvalue weighted by Crippen LogP contribution is -2.18. The molecule has 0 heterocycles. The summed E-state index contributed by atoms with van der Waals surface area (Å²) in [5.41, 5.74) is 1.71. The highest BCUT2D eigenvalue weighted by Crippen LogP contribution is 2.36. The smallest absolute Gasteiger partial charge is 0.150 e.